The number of nitrogens with zero attached hydrogens (tertiary/aromatic N) is 8. The van der Waals surface area contributed by atoms with Gasteiger partial charge in [-0.05, 0) is 125 Å². The number of rotatable bonds is 5. The van der Waals surface area contributed by atoms with E-state index in [1.54, 1.807) is 0 Å². The summed E-state index contributed by atoms with van der Waals surface area (Å²) in [6, 6.07) is 106. The molecule has 8 heteroatoms. The van der Waals surface area contributed by atoms with E-state index in [-0.39, 0.29) is 0 Å². The first kappa shape index (κ1) is 51.2. The molecule has 24 aromatic rings. The van der Waals surface area contributed by atoms with Crippen molar-refractivity contribution in [2.45, 2.75) is 0 Å². The number of aromatic nitrogens is 8. The van der Waals surface area contributed by atoms with Gasteiger partial charge in [0.2, 0.25) is 0 Å². The van der Waals surface area contributed by atoms with E-state index in [1.165, 1.54) is 152 Å². The average molecular weight is 1240 g/mol. The molecule has 0 atom stereocenters. The Kier molecular flexibility index (Phi) is 9.57. The van der Waals surface area contributed by atoms with E-state index < -0.39 is 0 Å². The smallest absolute Gasteiger partial charge is 0.138 e. The molecule has 8 nitrogen and oxygen atoms in total. The van der Waals surface area contributed by atoms with E-state index in [2.05, 4.69) is 323 Å². The molecule has 0 radical (unpaired) electrons. The molecule has 0 N–H and O–H groups in total. The molecule has 98 heavy (non-hydrogen) atoms. The van der Waals surface area contributed by atoms with Gasteiger partial charge in [-0.15, -0.1) is 0 Å². The lowest BCUT2D eigenvalue weighted by atomic mass is 9.99. The van der Waals surface area contributed by atoms with Gasteiger partial charge in [0.05, 0.1) is 89.6 Å². The lowest BCUT2D eigenvalue weighted by Gasteiger charge is -2.12. The molecule has 10 aromatic heterocycles. The number of fused-ring (bicyclic) bond motifs is 30. The van der Waals surface area contributed by atoms with Crippen molar-refractivity contribution < 1.29 is 0 Å². The Morgan fingerprint density at radius 3 is 1.39 bits per heavy atom. The fourth-order valence-electron chi connectivity index (χ4n) is 18.2. The number of benzene rings is 14. The normalized spacial score (nSPS) is 12.7. The summed E-state index contributed by atoms with van der Waals surface area (Å²) in [6.45, 7) is 0. The minimum Gasteiger partial charge on any atom is -0.308 e. The van der Waals surface area contributed by atoms with Crippen LogP contribution in [0.1, 0.15) is 0 Å². The van der Waals surface area contributed by atoms with Crippen LogP contribution in [0.25, 0.3) is 219 Å². The lowest BCUT2D eigenvalue weighted by molar-refractivity contribution is 1.09. The molecule has 14 aromatic carbocycles. The monoisotopic (exact) mass is 1240 g/mol. The summed E-state index contributed by atoms with van der Waals surface area (Å²) in [5.74, 6) is 0.887. The van der Waals surface area contributed by atoms with Crippen molar-refractivity contribution >= 4 is 185 Å². The molecule has 0 aliphatic carbocycles. The SMILES string of the molecule is c1ccc(-n2c3ccc(-n4c5c6ccccc6ccc5c5cc6c7cc(-c8cccc(-n9c%10ccccc%10c%10cc(-n%11c%12c%13ccccc%13ccc%12c%12cc%13c%14ccccc%14n%14c%15ccccc%15c(c%12%11)c%13%14)ncc%109)c8)ccc7n7c8ccccc8c(c54)c67)cc3c3ccncc32)cc1. The second-order valence-electron chi connectivity index (χ2n) is 26.8. The van der Waals surface area contributed by atoms with Crippen LogP contribution in [0.4, 0.5) is 0 Å². The fraction of sp³-hybridized carbons (Fsp3) is 0. The van der Waals surface area contributed by atoms with Crippen molar-refractivity contribution in [1.82, 2.24) is 37.0 Å². The van der Waals surface area contributed by atoms with E-state index in [1.807, 2.05) is 12.4 Å². The number of pyridine rings is 2. The zero-order chi connectivity index (χ0) is 63.3. The van der Waals surface area contributed by atoms with E-state index in [9.17, 15) is 0 Å². The van der Waals surface area contributed by atoms with Crippen LogP contribution in [0.15, 0.2) is 304 Å². The minimum atomic E-state index is 0.887. The van der Waals surface area contributed by atoms with Crippen LogP contribution in [0.2, 0.25) is 0 Å². The summed E-state index contributed by atoms with van der Waals surface area (Å²) >= 11 is 0. The Morgan fingerprint density at radius 1 is 0.214 bits per heavy atom. The topological polar surface area (TPSA) is 54.3 Å². The van der Waals surface area contributed by atoms with Crippen LogP contribution < -0.4 is 0 Å². The van der Waals surface area contributed by atoms with Crippen molar-refractivity contribution in [2.24, 2.45) is 0 Å². The van der Waals surface area contributed by atoms with Gasteiger partial charge < -0.3 is 22.5 Å². The largest absolute Gasteiger partial charge is 0.308 e. The van der Waals surface area contributed by atoms with Crippen molar-refractivity contribution in [2.75, 3.05) is 0 Å². The van der Waals surface area contributed by atoms with E-state index in [0.29, 0.717) is 0 Å². The summed E-state index contributed by atoms with van der Waals surface area (Å²) in [5.41, 5.74) is 22.1. The van der Waals surface area contributed by atoms with E-state index in [4.69, 9.17) is 4.98 Å². The molecule has 450 valence electrons. The molecule has 0 spiro atoms. The minimum absolute atomic E-state index is 0.887. The maximum Gasteiger partial charge on any atom is 0.138 e. The van der Waals surface area contributed by atoms with Crippen LogP contribution in [-0.2, 0) is 0 Å². The Bertz CT molecular complexity index is 7680. The highest BCUT2D eigenvalue weighted by Crippen LogP contribution is 2.51. The van der Waals surface area contributed by atoms with Gasteiger partial charge in [-0.2, -0.15) is 0 Å². The highest BCUT2D eigenvalue weighted by Gasteiger charge is 2.29. The average Bonchev–Trinajstić information content (AvgIpc) is 1.52. The van der Waals surface area contributed by atoms with Crippen molar-refractivity contribution in [1.29, 1.82) is 0 Å². The first-order chi connectivity index (χ1) is 48.7. The maximum absolute atomic E-state index is 5.62. The highest BCUT2D eigenvalue weighted by atomic mass is 15.1. The van der Waals surface area contributed by atoms with Crippen LogP contribution >= 0.6 is 0 Å². The van der Waals surface area contributed by atoms with Gasteiger partial charge in [-0.1, -0.05) is 182 Å². The number of hydrogen-bond donors (Lipinski definition) is 0. The molecule has 0 unspecified atom stereocenters. The summed E-state index contributed by atoms with van der Waals surface area (Å²) < 4.78 is 14.9. The first-order valence-electron chi connectivity index (χ1n) is 33.7. The second-order valence-corrected chi connectivity index (χ2v) is 26.8. The van der Waals surface area contributed by atoms with Crippen LogP contribution in [0.3, 0.4) is 0 Å². The quantitative estimate of drug-likeness (QED) is 0.172. The molecular weight excluding hydrogens is 1190 g/mol. The predicted octanol–water partition coefficient (Wildman–Crippen LogP) is 23.1. The Labute approximate surface area is 556 Å². The van der Waals surface area contributed by atoms with E-state index in [0.717, 1.165) is 67.0 Å². The molecule has 24 rings (SSSR count). The Hall–Kier alpha value is -13.3. The number of hydrogen-bond acceptors (Lipinski definition) is 2. The third kappa shape index (κ3) is 6.36. The number of para-hydroxylation sites is 5. The van der Waals surface area contributed by atoms with Crippen LogP contribution in [0, 0.1) is 0 Å². The second kappa shape index (κ2) is 18.3. The standard InChI is InChI=1S/C90H50N8/c1-2-20-55(21-3-1)93-78-40-36-57(45-68(78)62-41-42-91-49-80(62)93)95-85-58-23-6-4-17-51(58)33-37-63(85)71-47-73-67-44-54(35-39-79(67)97-77-32-15-10-27-65(77)83(87(71)95)89(73)97)53-19-16-22-56(43-53)94-74-29-12-8-25-60(74)69-48-82(92-50-81(69)94)98-86-59-24-7-5-18-52(59)34-38-64(86)72-46-70-61-26-9-13-30-75(61)96-76-31-14-11-28-66(76)84(88(70)96)90(72)98/h1-50H. The molecule has 0 aliphatic rings. The Balaban J connectivity index is 0.711. The van der Waals surface area contributed by atoms with Gasteiger partial charge in [0.1, 0.15) is 5.82 Å². The lowest BCUT2D eigenvalue weighted by Crippen LogP contribution is -1.99. The summed E-state index contributed by atoms with van der Waals surface area (Å²) in [5, 5.41) is 24.4. The van der Waals surface area contributed by atoms with Gasteiger partial charge in [-0.25, -0.2) is 4.98 Å². The third-order valence-electron chi connectivity index (χ3n) is 22.1. The van der Waals surface area contributed by atoms with Gasteiger partial charge in [0.15, 0.2) is 0 Å². The summed E-state index contributed by atoms with van der Waals surface area (Å²) in [7, 11) is 0. The zero-order valence-corrected chi connectivity index (χ0v) is 52.4. The molecule has 0 saturated heterocycles. The first-order valence-corrected chi connectivity index (χ1v) is 33.7. The highest BCUT2D eigenvalue weighted by molar-refractivity contribution is 6.37. The van der Waals surface area contributed by atoms with E-state index >= 15 is 0 Å². The molecular formula is C90H50N8. The van der Waals surface area contributed by atoms with Gasteiger partial charge >= 0.3 is 0 Å². The molecule has 0 saturated carbocycles. The molecule has 10 heterocycles. The predicted molar refractivity (Wildman–Crippen MR) is 409 cm³/mol. The fourth-order valence-corrected chi connectivity index (χ4v) is 18.2. The summed E-state index contributed by atoms with van der Waals surface area (Å²) in [6.07, 6.45) is 6.05. The van der Waals surface area contributed by atoms with Crippen LogP contribution in [-0.4, -0.2) is 37.0 Å². The Morgan fingerprint density at radius 2 is 0.684 bits per heavy atom. The van der Waals surface area contributed by atoms with Gasteiger partial charge in [-0.3, -0.25) is 9.55 Å². The van der Waals surface area contributed by atoms with Crippen molar-refractivity contribution in [3.63, 3.8) is 0 Å². The molecule has 0 amide bonds. The molecule has 0 fully saturated rings. The van der Waals surface area contributed by atoms with Crippen molar-refractivity contribution in [3.05, 3.63) is 304 Å². The molecule has 0 bridgehead atoms. The van der Waals surface area contributed by atoms with Gasteiger partial charge in [0, 0.05) is 120 Å². The van der Waals surface area contributed by atoms with Crippen LogP contribution in [0.5, 0.6) is 0 Å². The maximum atomic E-state index is 5.62. The molecule has 0 aliphatic heterocycles. The summed E-state index contributed by atoms with van der Waals surface area (Å²) in [4.78, 5) is 10.3. The van der Waals surface area contributed by atoms with Crippen molar-refractivity contribution in [3.8, 4) is 34.0 Å². The zero-order valence-electron chi connectivity index (χ0n) is 52.4. The third-order valence-corrected chi connectivity index (χ3v) is 22.1. The van der Waals surface area contributed by atoms with Gasteiger partial charge in [0.25, 0.3) is 0 Å².